The van der Waals surface area contributed by atoms with Crippen LogP contribution in [0.3, 0.4) is 0 Å². The third-order valence-corrected chi connectivity index (χ3v) is 2.97. The highest BCUT2D eigenvalue weighted by molar-refractivity contribution is 9.10. The fourth-order valence-electron chi connectivity index (χ4n) is 1.15. The summed E-state index contributed by atoms with van der Waals surface area (Å²) in [5, 5.41) is 0. The van der Waals surface area contributed by atoms with Crippen molar-refractivity contribution in [1.82, 2.24) is 0 Å². The normalized spacial score (nSPS) is 12.2. The predicted molar refractivity (Wildman–Crippen MR) is 63.7 cm³/mol. The van der Waals surface area contributed by atoms with E-state index in [0.29, 0.717) is 6.42 Å². The van der Waals surface area contributed by atoms with Gasteiger partial charge < -0.3 is 4.74 Å². The lowest BCUT2D eigenvalue weighted by Crippen LogP contribution is -2.15. The molecule has 0 amide bonds. The Hall–Kier alpha value is -0.830. The molecule has 2 nitrogen and oxygen atoms in total. The average Bonchev–Trinajstić information content (AvgIpc) is 2.21. The summed E-state index contributed by atoms with van der Waals surface area (Å²) in [5.74, 6) is -0.170. The molecule has 82 valence electrons. The Bertz CT molecular complexity index is 336. The topological polar surface area (TPSA) is 26.3 Å². The molecule has 0 aromatic heterocycles. The summed E-state index contributed by atoms with van der Waals surface area (Å²) in [6.07, 6.45) is 1.17. The molecule has 0 aliphatic heterocycles. The second kappa shape index (κ2) is 5.91. The van der Waals surface area contributed by atoms with Crippen LogP contribution in [0.4, 0.5) is 0 Å². The van der Waals surface area contributed by atoms with Gasteiger partial charge in [0.25, 0.3) is 0 Å². The van der Waals surface area contributed by atoms with Crippen molar-refractivity contribution in [3.63, 3.8) is 0 Å². The van der Waals surface area contributed by atoms with E-state index < -0.39 is 0 Å². The maximum atomic E-state index is 11.5. The molecule has 0 aliphatic carbocycles. The summed E-state index contributed by atoms with van der Waals surface area (Å²) in [5.41, 5.74) is 0.964. The lowest BCUT2D eigenvalue weighted by molar-refractivity contribution is -0.147. The molecule has 0 fully saturated rings. The first-order valence-electron chi connectivity index (χ1n) is 5.06. The number of ether oxygens (including phenoxy) is 1. The van der Waals surface area contributed by atoms with Gasteiger partial charge in [0.15, 0.2) is 0 Å². The van der Waals surface area contributed by atoms with Gasteiger partial charge in [0.2, 0.25) is 0 Å². The summed E-state index contributed by atoms with van der Waals surface area (Å²) >= 11 is 3.40. The van der Waals surface area contributed by atoms with E-state index >= 15 is 0 Å². The molecule has 3 heteroatoms. The molecule has 1 rings (SSSR count). The summed E-state index contributed by atoms with van der Waals surface area (Å²) in [4.78, 5) is 11.5. The van der Waals surface area contributed by atoms with Crippen LogP contribution in [0.1, 0.15) is 25.8 Å². The minimum Gasteiger partial charge on any atom is -0.462 e. The van der Waals surface area contributed by atoms with Gasteiger partial charge in [-0.3, -0.25) is 4.79 Å². The maximum Gasteiger partial charge on any atom is 0.310 e. The van der Waals surface area contributed by atoms with Crippen LogP contribution in [-0.4, -0.2) is 12.1 Å². The van der Waals surface area contributed by atoms with Crippen LogP contribution in [0.15, 0.2) is 28.7 Å². The lowest BCUT2D eigenvalue weighted by atomic mass is 10.1. The molecule has 0 spiro atoms. The van der Waals surface area contributed by atoms with Gasteiger partial charge in [-0.2, -0.15) is 0 Å². The molecule has 0 heterocycles. The smallest absolute Gasteiger partial charge is 0.310 e. The molecule has 1 atom stereocenters. The summed E-state index contributed by atoms with van der Waals surface area (Å²) < 4.78 is 6.15. The molecule has 0 saturated carbocycles. The van der Waals surface area contributed by atoms with Crippen LogP contribution in [0.5, 0.6) is 0 Å². The predicted octanol–water partition coefficient (Wildman–Crippen LogP) is 3.33. The number of esters is 1. The molecule has 0 N–H and O–H groups in total. The monoisotopic (exact) mass is 270 g/mol. The third kappa shape index (κ3) is 4.04. The van der Waals surface area contributed by atoms with E-state index in [2.05, 4.69) is 15.9 Å². The summed E-state index contributed by atoms with van der Waals surface area (Å²) in [6.45, 7) is 3.90. The Morgan fingerprint density at radius 1 is 1.47 bits per heavy atom. The van der Waals surface area contributed by atoms with Crippen LogP contribution in [0, 0.1) is 0 Å². The van der Waals surface area contributed by atoms with Crippen LogP contribution in [0.2, 0.25) is 0 Å². The van der Waals surface area contributed by atoms with E-state index in [0.717, 1.165) is 16.5 Å². The van der Waals surface area contributed by atoms with Crippen molar-refractivity contribution in [3.05, 3.63) is 34.3 Å². The number of carbonyl (C=O) groups is 1. The largest absolute Gasteiger partial charge is 0.462 e. The highest BCUT2D eigenvalue weighted by atomic mass is 79.9. The van der Waals surface area contributed by atoms with E-state index in [1.165, 1.54) is 0 Å². The van der Waals surface area contributed by atoms with Crippen molar-refractivity contribution in [2.75, 3.05) is 0 Å². The number of carbonyl (C=O) groups excluding carboxylic acids is 1. The molecule has 0 saturated heterocycles. The Kier molecular flexibility index (Phi) is 4.82. The van der Waals surface area contributed by atoms with Crippen molar-refractivity contribution < 1.29 is 9.53 Å². The molecule has 1 aromatic carbocycles. The van der Waals surface area contributed by atoms with Crippen molar-refractivity contribution >= 4 is 21.9 Å². The first-order valence-corrected chi connectivity index (χ1v) is 5.85. The molecule has 0 radical (unpaired) electrons. The Balaban J connectivity index is 2.55. The van der Waals surface area contributed by atoms with Gasteiger partial charge >= 0.3 is 5.97 Å². The summed E-state index contributed by atoms with van der Waals surface area (Å²) in [7, 11) is 0. The van der Waals surface area contributed by atoms with Crippen molar-refractivity contribution in [2.24, 2.45) is 0 Å². The highest BCUT2D eigenvalue weighted by Gasteiger charge is 2.10. The number of hydrogen-bond donors (Lipinski definition) is 0. The molecule has 15 heavy (non-hydrogen) atoms. The Morgan fingerprint density at radius 2 is 2.13 bits per heavy atom. The van der Waals surface area contributed by atoms with E-state index in [1.807, 2.05) is 38.1 Å². The van der Waals surface area contributed by atoms with Crippen LogP contribution in [0.25, 0.3) is 0 Å². The van der Waals surface area contributed by atoms with Gasteiger partial charge in [-0.1, -0.05) is 41.1 Å². The molecule has 1 unspecified atom stereocenters. The molecule has 1 aromatic rings. The molecular weight excluding hydrogens is 256 g/mol. The zero-order valence-corrected chi connectivity index (χ0v) is 10.6. The summed E-state index contributed by atoms with van der Waals surface area (Å²) in [6, 6.07) is 7.68. The minimum absolute atomic E-state index is 0.0000113. The van der Waals surface area contributed by atoms with Crippen molar-refractivity contribution in [3.8, 4) is 0 Å². The van der Waals surface area contributed by atoms with E-state index in [-0.39, 0.29) is 12.1 Å². The van der Waals surface area contributed by atoms with Crippen LogP contribution in [-0.2, 0) is 16.0 Å². The Labute approximate surface area is 98.8 Å². The van der Waals surface area contributed by atoms with E-state index in [1.54, 1.807) is 0 Å². The molecule has 0 bridgehead atoms. The van der Waals surface area contributed by atoms with Crippen molar-refractivity contribution in [1.29, 1.82) is 0 Å². The van der Waals surface area contributed by atoms with Gasteiger partial charge in [0.1, 0.15) is 0 Å². The van der Waals surface area contributed by atoms with Gasteiger partial charge in [-0.15, -0.1) is 0 Å². The highest BCUT2D eigenvalue weighted by Crippen LogP contribution is 2.16. The SMILES string of the molecule is CCC(C)OC(=O)Cc1ccccc1Br. The number of hydrogen-bond acceptors (Lipinski definition) is 2. The maximum absolute atomic E-state index is 11.5. The van der Waals surface area contributed by atoms with Crippen LogP contribution >= 0.6 is 15.9 Å². The van der Waals surface area contributed by atoms with Gasteiger partial charge in [0, 0.05) is 4.47 Å². The number of halogens is 1. The minimum atomic E-state index is -0.170. The lowest BCUT2D eigenvalue weighted by Gasteiger charge is -2.11. The zero-order chi connectivity index (χ0) is 11.3. The van der Waals surface area contributed by atoms with E-state index in [4.69, 9.17) is 4.74 Å². The van der Waals surface area contributed by atoms with Crippen LogP contribution < -0.4 is 0 Å². The second-order valence-electron chi connectivity index (χ2n) is 3.48. The fourth-order valence-corrected chi connectivity index (χ4v) is 1.57. The first kappa shape index (κ1) is 12.2. The van der Waals surface area contributed by atoms with E-state index in [9.17, 15) is 4.79 Å². The number of rotatable bonds is 4. The standard InChI is InChI=1S/C12H15BrO2/c1-3-9(2)15-12(14)8-10-6-4-5-7-11(10)13/h4-7,9H,3,8H2,1-2H3. The van der Waals surface area contributed by atoms with Gasteiger partial charge in [0.05, 0.1) is 12.5 Å². The number of benzene rings is 1. The van der Waals surface area contributed by atoms with Crippen molar-refractivity contribution in [2.45, 2.75) is 32.8 Å². The van der Waals surface area contributed by atoms with Gasteiger partial charge in [-0.25, -0.2) is 0 Å². The quantitative estimate of drug-likeness (QED) is 0.785. The second-order valence-corrected chi connectivity index (χ2v) is 4.33. The average molecular weight is 271 g/mol. The Morgan fingerprint density at radius 3 is 2.73 bits per heavy atom. The molecule has 0 aliphatic rings. The molecular formula is C12H15BrO2. The third-order valence-electron chi connectivity index (χ3n) is 2.20. The fraction of sp³-hybridized carbons (Fsp3) is 0.417. The van der Waals surface area contributed by atoms with Gasteiger partial charge in [-0.05, 0) is 25.0 Å². The zero-order valence-electron chi connectivity index (χ0n) is 9.00. The first-order chi connectivity index (χ1) is 7.13.